The molecular formula is C74H92N8O6. The summed E-state index contributed by atoms with van der Waals surface area (Å²) in [6.45, 7) is 10.2. The standard InChI is InChI=1S/C37H46N4O3.C25H35N3O.C12H11NO2/c42-33(29-44-36-21-9-20-35-34(36)19-10-22-38-35)27-40-23-25-41(26-24-40)28-37(43)39-32(17-7-15-30-11-3-1-4-12-30)18-8-16-31-13-5-2-6-14-31;29-25(21-28-19-17-26-18-20-28)27-24(15-7-13-22-9-3-1-4-10-22)16-8-14-23-11-5-2-6-12-23;1-3-9(7-14-12-8-15-12)10-4-2-6-13-11(10)5-1/h1-6,9-14,19-22,32-33,42H,7-8,15-18,23-29H2,(H,39,43);1-6,9-12,24,26H,7-8,13-21H2,(H,27,29);1-6,12H,7-8H2/t33-;;12-/m1.1/s1. The van der Waals surface area contributed by atoms with Gasteiger partial charge in [0.2, 0.25) is 11.8 Å². The van der Waals surface area contributed by atoms with E-state index in [0.29, 0.717) is 26.2 Å². The molecule has 3 fully saturated rings. The number of nitrogens with zero attached hydrogens (tertiary/aromatic N) is 5. The summed E-state index contributed by atoms with van der Waals surface area (Å²) in [4.78, 5) is 41.1. The van der Waals surface area contributed by atoms with Gasteiger partial charge in [-0.1, -0.05) is 146 Å². The molecule has 3 saturated heterocycles. The molecule has 0 spiro atoms. The van der Waals surface area contributed by atoms with Crippen molar-refractivity contribution in [1.29, 1.82) is 0 Å². The predicted molar refractivity (Wildman–Crippen MR) is 353 cm³/mol. The second kappa shape index (κ2) is 36.8. The number of benzene rings is 6. The first-order chi connectivity index (χ1) is 43.3. The third-order valence-corrected chi connectivity index (χ3v) is 16.6. The number of hydrogen-bond acceptors (Lipinski definition) is 12. The summed E-state index contributed by atoms with van der Waals surface area (Å²) in [5.41, 5.74) is 8.51. The number of aliphatic hydroxyl groups is 1. The summed E-state index contributed by atoms with van der Waals surface area (Å²) in [5, 5.41) is 22.8. The number of piperazine rings is 2. The average Bonchev–Trinajstić information content (AvgIpc) is 4.48. The minimum atomic E-state index is -0.593. The Kier molecular flexibility index (Phi) is 27.2. The van der Waals surface area contributed by atoms with Crippen LogP contribution in [0.4, 0.5) is 0 Å². The van der Waals surface area contributed by atoms with Gasteiger partial charge in [0.05, 0.1) is 30.7 Å². The van der Waals surface area contributed by atoms with Crippen molar-refractivity contribution in [3.05, 3.63) is 222 Å². The number of aryl methyl sites for hydroxylation is 4. The lowest BCUT2D eigenvalue weighted by Gasteiger charge is -2.35. The Morgan fingerprint density at radius 3 is 1.43 bits per heavy atom. The van der Waals surface area contributed by atoms with Crippen LogP contribution in [0, 0.1) is 0 Å². The van der Waals surface area contributed by atoms with Gasteiger partial charge in [-0.2, -0.15) is 0 Å². The number of carbonyl (C=O) groups excluding carboxylic acids is 2. The molecule has 6 aromatic carbocycles. The Bertz CT molecular complexity index is 3140. The number of aromatic nitrogens is 2. The Hall–Kier alpha value is -7.40. The topological polar surface area (TPSA) is 157 Å². The highest BCUT2D eigenvalue weighted by Crippen LogP contribution is 2.25. The number of rotatable bonds is 30. The third kappa shape index (κ3) is 23.6. The molecule has 464 valence electrons. The van der Waals surface area contributed by atoms with Crippen LogP contribution in [-0.4, -0.2) is 151 Å². The first-order valence-electron chi connectivity index (χ1n) is 32.2. The van der Waals surface area contributed by atoms with E-state index in [9.17, 15) is 14.7 Å². The molecule has 0 aliphatic carbocycles. The SMILES string of the molecule is O=C(CN1CCN(C[C@@H](O)COc2cccc3ncccc23)CC1)NC(CCCc1ccccc1)CCCc1ccccc1.O=C(CN1CCNCC1)NC(CCCc1ccccc1)CCCc1ccccc1.c1cc(CO[C@H]2CO2)c2cccnc2c1. The van der Waals surface area contributed by atoms with Crippen molar-refractivity contribution in [2.45, 2.75) is 108 Å². The average molecular weight is 1190 g/mol. The van der Waals surface area contributed by atoms with E-state index in [-0.39, 0.29) is 36.8 Å². The second-order valence-electron chi connectivity index (χ2n) is 23.5. The number of β-amino-alcohol motifs (C(OH)–C–C–N with tert-alkyl or cyclic N) is 1. The van der Waals surface area contributed by atoms with Gasteiger partial charge in [-0.15, -0.1) is 0 Å². The molecule has 88 heavy (non-hydrogen) atoms. The smallest absolute Gasteiger partial charge is 0.234 e. The minimum absolute atomic E-state index is 0.0110. The summed E-state index contributed by atoms with van der Waals surface area (Å²) in [7, 11) is 0. The van der Waals surface area contributed by atoms with Crippen LogP contribution >= 0.6 is 0 Å². The molecule has 2 amide bonds. The molecule has 5 heterocycles. The van der Waals surface area contributed by atoms with Crippen LogP contribution in [0.2, 0.25) is 0 Å². The van der Waals surface area contributed by atoms with Gasteiger partial charge in [-0.05, 0) is 141 Å². The van der Waals surface area contributed by atoms with Gasteiger partial charge in [0.25, 0.3) is 0 Å². The van der Waals surface area contributed by atoms with E-state index in [2.05, 4.69) is 174 Å². The highest BCUT2D eigenvalue weighted by Gasteiger charge is 2.25. The quantitative estimate of drug-likeness (QED) is 0.0317. The Morgan fingerprint density at radius 1 is 0.523 bits per heavy atom. The molecule has 2 atom stereocenters. The first kappa shape index (κ1) is 65.1. The Morgan fingerprint density at radius 2 is 0.955 bits per heavy atom. The second-order valence-corrected chi connectivity index (χ2v) is 23.5. The van der Waals surface area contributed by atoms with Crippen molar-refractivity contribution in [3.8, 4) is 5.75 Å². The maximum atomic E-state index is 13.1. The zero-order valence-electron chi connectivity index (χ0n) is 51.4. The number of ether oxygens (including phenoxy) is 3. The van der Waals surface area contributed by atoms with Crippen LogP contribution in [0.5, 0.6) is 5.75 Å². The molecule has 0 saturated carbocycles. The predicted octanol–water partition coefficient (Wildman–Crippen LogP) is 10.7. The number of pyridine rings is 2. The van der Waals surface area contributed by atoms with Crippen molar-refractivity contribution in [3.63, 3.8) is 0 Å². The van der Waals surface area contributed by atoms with Crippen LogP contribution in [0.1, 0.15) is 79.2 Å². The largest absolute Gasteiger partial charge is 0.490 e. The highest BCUT2D eigenvalue weighted by atomic mass is 16.8. The molecule has 11 rings (SSSR count). The molecule has 0 unspecified atom stereocenters. The first-order valence-corrected chi connectivity index (χ1v) is 32.2. The molecule has 0 radical (unpaired) electrons. The number of nitrogens with one attached hydrogen (secondary N) is 3. The Labute approximate surface area is 522 Å². The number of carbonyl (C=O) groups is 2. The molecule has 2 aromatic heterocycles. The molecule has 4 N–H and O–H groups in total. The van der Waals surface area contributed by atoms with Crippen LogP contribution in [-0.2, 0) is 51.4 Å². The van der Waals surface area contributed by atoms with Gasteiger partial charge in [0, 0.05) is 94.2 Å². The van der Waals surface area contributed by atoms with Crippen molar-refractivity contribution < 1.29 is 28.9 Å². The van der Waals surface area contributed by atoms with Gasteiger partial charge in [0.15, 0.2) is 6.29 Å². The summed E-state index contributed by atoms with van der Waals surface area (Å²) in [5.74, 6) is 1.03. The number of epoxide rings is 1. The highest BCUT2D eigenvalue weighted by molar-refractivity contribution is 5.85. The molecular weight excluding hydrogens is 1100 g/mol. The number of hydrogen-bond donors (Lipinski definition) is 4. The van der Waals surface area contributed by atoms with E-state index in [1.165, 1.54) is 22.3 Å². The van der Waals surface area contributed by atoms with Gasteiger partial charge in [-0.3, -0.25) is 34.3 Å². The van der Waals surface area contributed by atoms with Crippen molar-refractivity contribution in [1.82, 2.24) is 40.6 Å². The lowest BCUT2D eigenvalue weighted by Crippen LogP contribution is -2.52. The minimum Gasteiger partial charge on any atom is -0.490 e. The van der Waals surface area contributed by atoms with Crippen LogP contribution < -0.4 is 20.7 Å². The fraction of sp³-hybridized carbons (Fsp3) is 0.405. The van der Waals surface area contributed by atoms with Crippen molar-refractivity contribution >= 4 is 33.6 Å². The van der Waals surface area contributed by atoms with Crippen molar-refractivity contribution in [2.75, 3.05) is 85.2 Å². The number of aliphatic hydroxyl groups excluding tert-OH is 1. The summed E-state index contributed by atoms with van der Waals surface area (Å²) < 4.78 is 16.5. The van der Waals surface area contributed by atoms with Gasteiger partial charge >= 0.3 is 0 Å². The number of fused-ring (bicyclic) bond motifs is 2. The fourth-order valence-corrected chi connectivity index (χ4v) is 11.7. The normalized spacial score (nSPS) is 15.6. The molecule has 8 aromatic rings. The maximum absolute atomic E-state index is 13.1. The van der Waals surface area contributed by atoms with Gasteiger partial charge in [0.1, 0.15) is 25.1 Å². The molecule has 3 aliphatic heterocycles. The van der Waals surface area contributed by atoms with E-state index in [4.69, 9.17) is 14.2 Å². The van der Waals surface area contributed by atoms with E-state index in [1.54, 1.807) is 12.4 Å². The van der Waals surface area contributed by atoms with E-state index >= 15 is 0 Å². The van der Waals surface area contributed by atoms with Gasteiger partial charge in [-0.25, -0.2) is 0 Å². The fourth-order valence-electron chi connectivity index (χ4n) is 11.7. The zero-order valence-corrected chi connectivity index (χ0v) is 51.4. The van der Waals surface area contributed by atoms with Crippen LogP contribution in [0.15, 0.2) is 194 Å². The molecule has 14 nitrogen and oxygen atoms in total. The third-order valence-electron chi connectivity index (χ3n) is 16.6. The summed E-state index contributed by atoms with van der Waals surface area (Å²) >= 11 is 0. The summed E-state index contributed by atoms with van der Waals surface area (Å²) in [6, 6.07) is 62.6. The molecule has 0 bridgehead atoms. The van der Waals surface area contributed by atoms with E-state index in [0.717, 1.165) is 169 Å². The van der Waals surface area contributed by atoms with E-state index in [1.807, 2.05) is 48.5 Å². The maximum Gasteiger partial charge on any atom is 0.234 e. The monoisotopic (exact) mass is 1190 g/mol. The summed E-state index contributed by atoms with van der Waals surface area (Å²) in [6.07, 6.45) is 15.6. The zero-order chi connectivity index (χ0) is 60.6. The lowest BCUT2D eigenvalue weighted by molar-refractivity contribution is -0.124. The van der Waals surface area contributed by atoms with Gasteiger partial charge < -0.3 is 35.3 Å². The number of amides is 2. The molecule has 3 aliphatic rings. The Balaban J connectivity index is 0.000000178. The van der Waals surface area contributed by atoms with Crippen LogP contribution in [0.3, 0.4) is 0 Å². The van der Waals surface area contributed by atoms with Crippen LogP contribution in [0.25, 0.3) is 21.8 Å². The lowest BCUT2D eigenvalue weighted by atomic mass is 9.99. The van der Waals surface area contributed by atoms with Crippen molar-refractivity contribution in [2.24, 2.45) is 0 Å². The molecule has 14 heteroatoms. The van der Waals surface area contributed by atoms with E-state index < -0.39 is 6.10 Å².